The zero-order valence-corrected chi connectivity index (χ0v) is 17.7. The predicted molar refractivity (Wildman–Crippen MR) is 115 cm³/mol. The molecule has 0 radical (unpaired) electrons. The minimum absolute atomic E-state index is 0.386. The summed E-state index contributed by atoms with van der Waals surface area (Å²) in [5, 5.41) is 3.16. The molecule has 1 N–H and O–H groups in total. The Morgan fingerprint density at radius 3 is 2.29 bits per heavy atom. The largest absolute Gasteiger partial charge is 0.493 e. The highest BCUT2D eigenvalue weighted by molar-refractivity contribution is 5.66. The lowest BCUT2D eigenvalue weighted by atomic mass is 10.2. The zero-order valence-electron chi connectivity index (χ0n) is 17.7. The van der Waals surface area contributed by atoms with Crippen LogP contribution in [-0.4, -0.2) is 67.6 Å². The van der Waals surface area contributed by atoms with Gasteiger partial charge in [0.1, 0.15) is 12.1 Å². The molecule has 0 spiro atoms. The summed E-state index contributed by atoms with van der Waals surface area (Å²) in [6, 6.07) is 7.49. The van der Waals surface area contributed by atoms with Crippen molar-refractivity contribution in [1.82, 2.24) is 19.9 Å². The molecule has 3 heterocycles. The van der Waals surface area contributed by atoms with Crippen molar-refractivity contribution in [3.8, 4) is 28.6 Å². The quantitative estimate of drug-likeness (QED) is 0.608. The second-order valence-electron chi connectivity index (χ2n) is 6.68. The molecule has 10 nitrogen and oxygen atoms in total. The number of nitrogens with zero attached hydrogens (tertiary/aromatic N) is 5. The molecule has 1 aromatic carbocycles. The lowest BCUT2D eigenvalue weighted by Gasteiger charge is -2.27. The lowest BCUT2D eigenvalue weighted by molar-refractivity contribution is 0.122. The summed E-state index contributed by atoms with van der Waals surface area (Å²) in [5.41, 5.74) is 1.49. The van der Waals surface area contributed by atoms with Gasteiger partial charge in [-0.1, -0.05) is 0 Å². The number of benzene rings is 1. The zero-order chi connectivity index (χ0) is 21.6. The van der Waals surface area contributed by atoms with Crippen LogP contribution in [0.3, 0.4) is 0 Å². The van der Waals surface area contributed by atoms with Crippen molar-refractivity contribution in [3.63, 3.8) is 0 Å². The van der Waals surface area contributed by atoms with Gasteiger partial charge in [0.25, 0.3) is 0 Å². The van der Waals surface area contributed by atoms with Crippen LogP contribution in [0.15, 0.2) is 36.8 Å². The second kappa shape index (κ2) is 9.43. The Morgan fingerprint density at radius 1 is 0.935 bits per heavy atom. The van der Waals surface area contributed by atoms with Crippen molar-refractivity contribution in [2.75, 3.05) is 57.8 Å². The fourth-order valence-corrected chi connectivity index (χ4v) is 3.28. The van der Waals surface area contributed by atoms with Crippen molar-refractivity contribution >= 4 is 17.5 Å². The minimum atomic E-state index is 0.386. The Labute approximate surface area is 180 Å². The van der Waals surface area contributed by atoms with E-state index >= 15 is 0 Å². The molecule has 1 aliphatic heterocycles. The van der Waals surface area contributed by atoms with E-state index in [0.717, 1.165) is 24.5 Å². The van der Waals surface area contributed by atoms with Gasteiger partial charge in [0, 0.05) is 42.7 Å². The van der Waals surface area contributed by atoms with E-state index in [4.69, 9.17) is 18.9 Å². The maximum atomic E-state index is 5.39. The number of ether oxygens (including phenoxy) is 4. The highest BCUT2D eigenvalue weighted by Gasteiger charge is 2.15. The van der Waals surface area contributed by atoms with E-state index in [9.17, 15) is 0 Å². The molecule has 3 aromatic rings. The molecule has 1 fully saturated rings. The number of nitrogens with one attached hydrogen (secondary N) is 1. The van der Waals surface area contributed by atoms with E-state index in [1.165, 1.54) is 6.33 Å². The van der Waals surface area contributed by atoms with Gasteiger partial charge in [-0.25, -0.2) is 15.0 Å². The molecule has 0 atom stereocenters. The fourth-order valence-electron chi connectivity index (χ4n) is 3.28. The van der Waals surface area contributed by atoms with Crippen LogP contribution < -0.4 is 24.4 Å². The van der Waals surface area contributed by atoms with Gasteiger partial charge in [-0.05, 0) is 12.1 Å². The molecule has 162 valence electrons. The summed E-state index contributed by atoms with van der Waals surface area (Å²) in [5.74, 6) is 3.39. The number of methoxy groups -OCH3 is 3. The van der Waals surface area contributed by atoms with Gasteiger partial charge in [0.05, 0.1) is 34.5 Å². The van der Waals surface area contributed by atoms with E-state index in [0.29, 0.717) is 47.9 Å². The summed E-state index contributed by atoms with van der Waals surface area (Å²) in [7, 11) is 4.69. The van der Waals surface area contributed by atoms with Crippen LogP contribution in [0.25, 0.3) is 11.4 Å². The molecule has 1 saturated heterocycles. The third-order valence-corrected chi connectivity index (χ3v) is 4.83. The van der Waals surface area contributed by atoms with Gasteiger partial charge in [0.2, 0.25) is 11.7 Å². The maximum Gasteiger partial charge on any atom is 0.230 e. The van der Waals surface area contributed by atoms with Crippen LogP contribution in [0.1, 0.15) is 0 Å². The molecule has 0 bridgehead atoms. The first-order valence-electron chi connectivity index (χ1n) is 9.77. The minimum Gasteiger partial charge on any atom is -0.493 e. The Morgan fingerprint density at radius 2 is 1.68 bits per heavy atom. The summed E-state index contributed by atoms with van der Waals surface area (Å²) < 4.78 is 21.5. The number of aromatic nitrogens is 4. The Kier molecular flexibility index (Phi) is 6.27. The van der Waals surface area contributed by atoms with Gasteiger partial charge < -0.3 is 29.2 Å². The first kappa shape index (κ1) is 20.6. The van der Waals surface area contributed by atoms with Crippen LogP contribution in [-0.2, 0) is 4.74 Å². The maximum absolute atomic E-state index is 5.39. The van der Waals surface area contributed by atoms with Crippen LogP contribution in [0.4, 0.5) is 17.5 Å². The Balaban J connectivity index is 1.55. The predicted octanol–water partition coefficient (Wildman–Crippen LogP) is 2.54. The van der Waals surface area contributed by atoms with Crippen LogP contribution in [0.5, 0.6) is 17.2 Å². The smallest absolute Gasteiger partial charge is 0.230 e. The van der Waals surface area contributed by atoms with Crippen molar-refractivity contribution in [2.24, 2.45) is 0 Å². The topological polar surface area (TPSA) is 104 Å². The monoisotopic (exact) mass is 424 g/mol. The molecular formula is C21H24N6O4. The summed E-state index contributed by atoms with van der Waals surface area (Å²) in [4.78, 5) is 19.8. The molecular weight excluding hydrogens is 400 g/mol. The van der Waals surface area contributed by atoms with Crippen molar-refractivity contribution in [1.29, 1.82) is 0 Å². The van der Waals surface area contributed by atoms with Crippen molar-refractivity contribution in [2.45, 2.75) is 0 Å². The van der Waals surface area contributed by atoms with E-state index in [1.807, 2.05) is 12.1 Å². The molecule has 0 saturated carbocycles. The molecule has 0 amide bonds. The molecule has 0 unspecified atom stereocenters. The second-order valence-corrected chi connectivity index (χ2v) is 6.68. The average Bonchev–Trinajstić information content (AvgIpc) is 2.84. The molecule has 1 aliphatic rings. The average molecular weight is 424 g/mol. The first-order chi connectivity index (χ1) is 15.2. The molecule has 31 heavy (non-hydrogen) atoms. The third-order valence-electron chi connectivity index (χ3n) is 4.83. The van der Waals surface area contributed by atoms with E-state index in [-0.39, 0.29) is 0 Å². The van der Waals surface area contributed by atoms with E-state index < -0.39 is 0 Å². The fraction of sp³-hybridized carbons (Fsp3) is 0.333. The lowest BCUT2D eigenvalue weighted by Crippen LogP contribution is -2.36. The van der Waals surface area contributed by atoms with Gasteiger partial charge in [-0.15, -0.1) is 0 Å². The van der Waals surface area contributed by atoms with Gasteiger partial charge in [-0.2, -0.15) is 4.98 Å². The standard InChI is InChI=1S/C21H24N6O4/c1-28-16-10-15(11-17(29-2)19(16)30-3)25-21-24-13-23-20(26-21)14-4-5-18(22-12-14)27-6-8-31-9-7-27/h4-5,10-13H,6-9H2,1-3H3,(H,23,24,25,26). The van der Waals surface area contributed by atoms with E-state index in [1.54, 1.807) is 39.7 Å². The number of pyridine rings is 1. The Hall–Kier alpha value is -3.66. The number of morpholine rings is 1. The summed E-state index contributed by atoms with van der Waals surface area (Å²) in [6.45, 7) is 3.10. The van der Waals surface area contributed by atoms with Crippen LogP contribution in [0.2, 0.25) is 0 Å². The van der Waals surface area contributed by atoms with Crippen molar-refractivity contribution in [3.05, 3.63) is 36.8 Å². The molecule has 0 aliphatic carbocycles. The van der Waals surface area contributed by atoms with Crippen LogP contribution >= 0.6 is 0 Å². The van der Waals surface area contributed by atoms with Gasteiger partial charge in [-0.3, -0.25) is 0 Å². The van der Waals surface area contributed by atoms with Crippen molar-refractivity contribution < 1.29 is 18.9 Å². The Bertz CT molecular complexity index is 1000. The molecule has 10 heteroatoms. The number of hydrogen-bond acceptors (Lipinski definition) is 10. The first-order valence-corrected chi connectivity index (χ1v) is 9.77. The molecule has 2 aromatic heterocycles. The third kappa shape index (κ3) is 4.58. The highest BCUT2D eigenvalue weighted by Crippen LogP contribution is 2.40. The number of hydrogen-bond donors (Lipinski definition) is 1. The van der Waals surface area contributed by atoms with Gasteiger partial charge in [0.15, 0.2) is 17.3 Å². The number of anilines is 3. The van der Waals surface area contributed by atoms with Gasteiger partial charge >= 0.3 is 0 Å². The normalized spacial score (nSPS) is 13.6. The van der Waals surface area contributed by atoms with Crippen LogP contribution in [0, 0.1) is 0 Å². The summed E-state index contributed by atoms with van der Waals surface area (Å²) >= 11 is 0. The SMILES string of the molecule is COc1cc(Nc2ncnc(-c3ccc(N4CCOCC4)nc3)n2)cc(OC)c1OC. The highest BCUT2D eigenvalue weighted by atomic mass is 16.5. The number of rotatable bonds is 7. The van der Waals surface area contributed by atoms with E-state index in [2.05, 4.69) is 30.2 Å². The molecule has 4 rings (SSSR count). The summed E-state index contributed by atoms with van der Waals surface area (Å²) in [6.07, 6.45) is 3.22.